The molecule has 0 atom stereocenters. The second-order valence-electron chi connectivity index (χ2n) is 11.3. The van der Waals surface area contributed by atoms with Crippen molar-refractivity contribution in [3.05, 3.63) is 93.5 Å². The third kappa shape index (κ3) is 14.7. The average Bonchev–Trinajstić information content (AvgIpc) is 3.07. The Kier molecular flexibility index (Phi) is 17.2. The Balaban J connectivity index is 1.48. The van der Waals surface area contributed by atoms with Crippen LogP contribution in [0.1, 0.15) is 110 Å². The maximum atomic E-state index is 12.8. The van der Waals surface area contributed by atoms with Crippen molar-refractivity contribution < 1.29 is 28.7 Å². The van der Waals surface area contributed by atoms with Gasteiger partial charge in [-0.3, -0.25) is 9.59 Å². The fourth-order valence-corrected chi connectivity index (χ4v) is 4.95. The molecule has 2 N–H and O–H groups in total. The van der Waals surface area contributed by atoms with Gasteiger partial charge in [-0.15, -0.1) is 0 Å². The first kappa shape index (κ1) is 38.2. The second-order valence-corrected chi connectivity index (χ2v) is 12.2. The van der Waals surface area contributed by atoms with Crippen LogP contribution in [-0.4, -0.2) is 36.5 Å². The predicted octanol–water partition coefficient (Wildman–Crippen LogP) is 8.70. The molecule has 9 nitrogen and oxygen atoms in total. The Labute approximate surface area is 292 Å². The van der Waals surface area contributed by atoms with E-state index in [0.717, 1.165) is 19.3 Å². The van der Waals surface area contributed by atoms with Gasteiger partial charge in [-0.25, -0.2) is 15.0 Å². The van der Waals surface area contributed by atoms with E-state index < -0.39 is 17.8 Å². The van der Waals surface area contributed by atoms with Gasteiger partial charge >= 0.3 is 11.9 Å². The number of ether oxygens (including phenoxy) is 2. The van der Waals surface area contributed by atoms with Crippen LogP contribution >= 0.6 is 23.2 Å². The predicted molar refractivity (Wildman–Crippen MR) is 189 cm³/mol. The van der Waals surface area contributed by atoms with Gasteiger partial charge in [-0.2, -0.15) is 5.10 Å². The Morgan fingerprint density at radius 2 is 1.19 bits per heavy atom. The van der Waals surface area contributed by atoms with Gasteiger partial charge in [0.25, 0.3) is 5.91 Å². The van der Waals surface area contributed by atoms with Gasteiger partial charge in [0.15, 0.2) is 0 Å². The molecule has 0 unspecified atom stereocenters. The van der Waals surface area contributed by atoms with E-state index in [-0.39, 0.29) is 35.1 Å². The molecule has 0 saturated carbocycles. The lowest BCUT2D eigenvalue weighted by Crippen LogP contribution is -2.34. The van der Waals surface area contributed by atoms with Crippen molar-refractivity contribution in [2.45, 2.75) is 84.0 Å². The lowest BCUT2D eigenvalue weighted by molar-refractivity contribution is -0.126. The number of carbonyl (C=O) groups is 4. The van der Waals surface area contributed by atoms with Crippen LogP contribution < -0.4 is 20.2 Å². The van der Waals surface area contributed by atoms with Gasteiger partial charge in [0.1, 0.15) is 11.5 Å². The van der Waals surface area contributed by atoms with Gasteiger partial charge in [-0.1, -0.05) is 94.3 Å². The molecule has 0 bridgehead atoms. The van der Waals surface area contributed by atoms with Crippen LogP contribution in [0.15, 0.2) is 71.8 Å². The Hall–Kier alpha value is -4.21. The molecule has 0 fully saturated rings. The van der Waals surface area contributed by atoms with Gasteiger partial charge < -0.3 is 14.8 Å². The minimum absolute atomic E-state index is 0.0228. The van der Waals surface area contributed by atoms with Crippen molar-refractivity contribution in [2.75, 3.05) is 6.54 Å². The summed E-state index contributed by atoms with van der Waals surface area (Å²) in [4.78, 5) is 49.9. The monoisotopic (exact) mass is 695 g/mol. The number of hydrogen-bond acceptors (Lipinski definition) is 7. The average molecular weight is 697 g/mol. The number of rotatable bonds is 20. The number of hydrazone groups is 1. The van der Waals surface area contributed by atoms with E-state index >= 15 is 0 Å². The minimum atomic E-state index is -0.688. The molecule has 0 aliphatic carbocycles. The van der Waals surface area contributed by atoms with Crippen LogP contribution in [0.5, 0.6) is 11.5 Å². The third-order valence-electron chi connectivity index (χ3n) is 7.40. The smallest absolute Gasteiger partial charge is 0.343 e. The molecule has 48 heavy (non-hydrogen) atoms. The molecule has 0 aliphatic heterocycles. The summed E-state index contributed by atoms with van der Waals surface area (Å²) in [5, 5.41) is 7.48. The summed E-state index contributed by atoms with van der Waals surface area (Å²) >= 11 is 11.8. The van der Waals surface area contributed by atoms with Crippen molar-refractivity contribution in [3.63, 3.8) is 0 Å². The Bertz CT molecular complexity index is 1510. The van der Waals surface area contributed by atoms with E-state index in [4.69, 9.17) is 32.7 Å². The van der Waals surface area contributed by atoms with Gasteiger partial charge in [0.2, 0.25) is 5.91 Å². The highest BCUT2D eigenvalue weighted by molar-refractivity contribution is 6.31. The first-order chi connectivity index (χ1) is 23.2. The van der Waals surface area contributed by atoms with Crippen LogP contribution in [0.25, 0.3) is 0 Å². The fraction of sp³-hybridized carbons (Fsp3) is 0.378. The molecule has 256 valence electrons. The summed E-state index contributed by atoms with van der Waals surface area (Å²) in [7, 11) is 0. The van der Waals surface area contributed by atoms with Crippen molar-refractivity contribution in [2.24, 2.45) is 5.10 Å². The Morgan fingerprint density at radius 3 is 1.75 bits per heavy atom. The highest BCUT2D eigenvalue weighted by Crippen LogP contribution is 2.26. The molecule has 0 aliphatic rings. The van der Waals surface area contributed by atoms with Crippen molar-refractivity contribution >= 4 is 53.2 Å². The largest absolute Gasteiger partial charge is 0.423 e. The summed E-state index contributed by atoms with van der Waals surface area (Å²) in [5.74, 6) is -1.91. The van der Waals surface area contributed by atoms with E-state index in [2.05, 4.69) is 22.8 Å². The highest BCUT2D eigenvalue weighted by Gasteiger charge is 2.15. The number of amides is 2. The summed E-state index contributed by atoms with van der Waals surface area (Å²) in [6.45, 7) is 2.00. The van der Waals surface area contributed by atoms with E-state index in [0.29, 0.717) is 22.0 Å². The van der Waals surface area contributed by atoms with Crippen LogP contribution in [0.4, 0.5) is 0 Å². The van der Waals surface area contributed by atoms with Gasteiger partial charge in [0.05, 0.1) is 23.9 Å². The van der Waals surface area contributed by atoms with E-state index in [9.17, 15) is 19.2 Å². The summed E-state index contributed by atoms with van der Waals surface area (Å²) in [6.07, 6.45) is 14.8. The molecule has 0 aromatic heterocycles. The van der Waals surface area contributed by atoms with Gasteiger partial charge in [0, 0.05) is 28.1 Å². The lowest BCUT2D eigenvalue weighted by atomic mass is 10.1. The normalized spacial score (nSPS) is 10.9. The molecule has 0 heterocycles. The second kappa shape index (κ2) is 21.6. The number of carbonyl (C=O) groups excluding carboxylic acids is 4. The molecule has 0 radical (unpaired) electrons. The standard InChI is InChI=1S/C37H43Cl2N3O6/c1-2-3-4-5-6-7-8-9-10-11-12-13-34(43)40-26-35(44)42-41-25-29-18-23-32(47-36(45)27-14-19-30(38)20-15-27)24-33(29)48-37(46)28-16-21-31(39)22-17-28/h14-25H,2-13,26H2,1H3,(H,40,43)(H,42,44)/b41-25+. The third-order valence-corrected chi connectivity index (χ3v) is 7.91. The van der Waals surface area contributed by atoms with Crippen molar-refractivity contribution in [3.8, 4) is 11.5 Å². The molecule has 2 amide bonds. The van der Waals surface area contributed by atoms with E-state index in [1.54, 1.807) is 24.3 Å². The van der Waals surface area contributed by atoms with Crippen LogP contribution in [-0.2, 0) is 9.59 Å². The summed E-state index contributed by atoms with van der Waals surface area (Å²) in [5.41, 5.74) is 3.18. The van der Waals surface area contributed by atoms with Crippen molar-refractivity contribution in [1.29, 1.82) is 0 Å². The van der Waals surface area contributed by atoms with Gasteiger partial charge in [-0.05, 0) is 67.1 Å². The number of hydrogen-bond donors (Lipinski definition) is 2. The molecular weight excluding hydrogens is 653 g/mol. The number of nitrogens with one attached hydrogen (secondary N) is 2. The zero-order valence-corrected chi connectivity index (χ0v) is 28.8. The fourth-order valence-electron chi connectivity index (χ4n) is 4.70. The maximum Gasteiger partial charge on any atom is 0.343 e. The van der Waals surface area contributed by atoms with Crippen LogP contribution in [0.2, 0.25) is 10.0 Å². The number of nitrogens with zero attached hydrogens (tertiary/aromatic N) is 1. The topological polar surface area (TPSA) is 123 Å². The van der Waals surface area contributed by atoms with E-state index in [1.165, 1.54) is 100 Å². The first-order valence-corrected chi connectivity index (χ1v) is 17.2. The zero-order valence-electron chi connectivity index (χ0n) is 27.3. The number of esters is 2. The molecule has 3 aromatic carbocycles. The summed E-state index contributed by atoms with van der Waals surface area (Å²) < 4.78 is 11.1. The molecule has 3 rings (SSSR count). The molecule has 11 heteroatoms. The number of benzene rings is 3. The highest BCUT2D eigenvalue weighted by atomic mass is 35.5. The molecule has 0 spiro atoms. The van der Waals surface area contributed by atoms with Crippen molar-refractivity contribution in [1.82, 2.24) is 10.7 Å². The maximum absolute atomic E-state index is 12.8. The first-order valence-electron chi connectivity index (χ1n) is 16.4. The van der Waals surface area contributed by atoms with E-state index in [1.807, 2.05) is 0 Å². The number of unbranched alkanes of at least 4 members (excludes halogenated alkanes) is 10. The number of halogens is 2. The van der Waals surface area contributed by atoms with Crippen LogP contribution in [0.3, 0.4) is 0 Å². The SMILES string of the molecule is CCCCCCCCCCCCCC(=O)NCC(=O)N/N=C/c1ccc(OC(=O)c2ccc(Cl)cc2)cc1OC(=O)c1ccc(Cl)cc1. The molecule has 0 saturated heterocycles. The molecule has 3 aromatic rings. The Morgan fingerprint density at radius 1 is 0.667 bits per heavy atom. The molecular formula is C37H43Cl2N3O6. The zero-order chi connectivity index (χ0) is 34.6. The summed E-state index contributed by atoms with van der Waals surface area (Å²) in [6, 6.07) is 16.7. The van der Waals surface area contributed by atoms with Crippen LogP contribution in [0, 0.1) is 0 Å². The minimum Gasteiger partial charge on any atom is -0.423 e. The quantitative estimate of drug-likeness (QED) is 0.0401. The lowest BCUT2D eigenvalue weighted by Gasteiger charge is -2.11.